The number of amides is 1. The van der Waals surface area contributed by atoms with Crippen molar-refractivity contribution in [2.45, 2.75) is 71.9 Å². The summed E-state index contributed by atoms with van der Waals surface area (Å²) in [6.45, 7) is 9.56. The van der Waals surface area contributed by atoms with Gasteiger partial charge in [0.1, 0.15) is 5.60 Å². The van der Waals surface area contributed by atoms with Crippen LogP contribution in [0.25, 0.3) is 0 Å². The molecule has 0 radical (unpaired) electrons. The zero-order valence-corrected chi connectivity index (χ0v) is 14.4. The molecule has 5 heteroatoms. The SMILES string of the molecule is CCOC(=O)C(C)=CC1CCC(NC(=O)OC(C)(C)C)CC1. The van der Waals surface area contributed by atoms with Crippen LogP contribution in [0.1, 0.15) is 60.3 Å². The predicted molar refractivity (Wildman–Crippen MR) is 85.5 cm³/mol. The molecule has 1 saturated carbocycles. The van der Waals surface area contributed by atoms with Crippen LogP contribution in [-0.4, -0.2) is 30.3 Å². The molecular weight excluding hydrogens is 282 g/mol. The van der Waals surface area contributed by atoms with Gasteiger partial charge in [-0.15, -0.1) is 0 Å². The number of alkyl carbamates (subject to hydrolysis) is 1. The second kappa shape index (κ2) is 8.20. The molecule has 0 aromatic carbocycles. The van der Waals surface area contributed by atoms with Crippen molar-refractivity contribution < 1.29 is 19.1 Å². The average Bonchev–Trinajstić information content (AvgIpc) is 2.39. The fourth-order valence-electron chi connectivity index (χ4n) is 2.57. The molecule has 1 fully saturated rings. The molecule has 0 spiro atoms. The summed E-state index contributed by atoms with van der Waals surface area (Å²) >= 11 is 0. The number of hydrogen-bond donors (Lipinski definition) is 1. The normalized spacial score (nSPS) is 22.9. The molecule has 0 aromatic rings. The van der Waals surface area contributed by atoms with Crippen molar-refractivity contribution >= 4 is 12.1 Å². The molecule has 22 heavy (non-hydrogen) atoms. The third-order valence-corrected chi connectivity index (χ3v) is 3.58. The molecule has 5 nitrogen and oxygen atoms in total. The monoisotopic (exact) mass is 311 g/mol. The quantitative estimate of drug-likeness (QED) is 0.636. The van der Waals surface area contributed by atoms with E-state index < -0.39 is 5.60 Å². The first kappa shape index (κ1) is 18.5. The fourth-order valence-corrected chi connectivity index (χ4v) is 2.57. The maximum atomic E-state index is 11.7. The van der Waals surface area contributed by atoms with Crippen molar-refractivity contribution in [1.29, 1.82) is 0 Å². The van der Waals surface area contributed by atoms with E-state index in [-0.39, 0.29) is 18.1 Å². The van der Waals surface area contributed by atoms with Gasteiger partial charge in [-0.3, -0.25) is 0 Å². The molecule has 0 atom stereocenters. The van der Waals surface area contributed by atoms with E-state index in [0.717, 1.165) is 25.7 Å². The second-order valence-electron chi connectivity index (χ2n) is 6.83. The summed E-state index contributed by atoms with van der Waals surface area (Å²) in [6, 6.07) is 0.155. The minimum absolute atomic E-state index is 0.155. The van der Waals surface area contributed by atoms with Gasteiger partial charge < -0.3 is 14.8 Å². The zero-order valence-electron chi connectivity index (χ0n) is 14.4. The Labute approximate surface area is 133 Å². The molecule has 1 aliphatic carbocycles. The van der Waals surface area contributed by atoms with Gasteiger partial charge in [0.2, 0.25) is 0 Å². The van der Waals surface area contributed by atoms with Gasteiger partial charge in [0.25, 0.3) is 0 Å². The number of ether oxygens (including phenoxy) is 2. The van der Waals surface area contributed by atoms with E-state index in [1.165, 1.54) is 0 Å². The Bertz CT molecular complexity index is 415. The molecule has 1 rings (SSSR count). The van der Waals surface area contributed by atoms with Gasteiger partial charge in [-0.05, 0) is 66.2 Å². The number of hydrogen-bond acceptors (Lipinski definition) is 4. The van der Waals surface area contributed by atoms with Gasteiger partial charge in [-0.2, -0.15) is 0 Å². The summed E-state index contributed by atoms with van der Waals surface area (Å²) in [6.07, 6.45) is 5.36. The van der Waals surface area contributed by atoms with Crippen LogP contribution in [0.2, 0.25) is 0 Å². The van der Waals surface area contributed by atoms with Crippen LogP contribution >= 0.6 is 0 Å². The average molecular weight is 311 g/mol. The van der Waals surface area contributed by atoms with Gasteiger partial charge in [0.05, 0.1) is 6.61 Å². The Morgan fingerprint density at radius 2 is 1.77 bits per heavy atom. The Hall–Kier alpha value is -1.52. The molecule has 0 aliphatic heterocycles. The Morgan fingerprint density at radius 1 is 1.18 bits per heavy atom. The molecule has 1 amide bonds. The maximum absolute atomic E-state index is 11.7. The van der Waals surface area contributed by atoms with E-state index in [2.05, 4.69) is 5.32 Å². The first-order valence-corrected chi connectivity index (χ1v) is 8.06. The summed E-state index contributed by atoms with van der Waals surface area (Å²) in [5, 5.41) is 2.92. The third kappa shape index (κ3) is 6.96. The van der Waals surface area contributed by atoms with E-state index >= 15 is 0 Å². The van der Waals surface area contributed by atoms with Crippen molar-refractivity contribution in [3.63, 3.8) is 0 Å². The van der Waals surface area contributed by atoms with Crippen LogP contribution in [0.5, 0.6) is 0 Å². The summed E-state index contributed by atoms with van der Waals surface area (Å²) in [5.74, 6) is 0.137. The van der Waals surface area contributed by atoms with E-state index in [0.29, 0.717) is 18.1 Å². The predicted octanol–water partition coefficient (Wildman–Crippen LogP) is 3.58. The highest BCUT2D eigenvalue weighted by molar-refractivity contribution is 5.87. The van der Waals surface area contributed by atoms with Crippen LogP contribution in [0.15, 0.2) is 11.6 Å². The molecule has 0 aromatic heterocycles. The number of carbonyl (C=O) groups excluding carboxylic acids is 2. The number of esters is 1. The second-order valence-corrected chi connectivity index (χ2v) is 6.83. The van der Waals surface area contributed by atoms with Gasteiger partial charge in [-0.1, -0.05) is 6.08 Å². The van der Waals surface area contributed by atoms with Crippen LogP contribution in [0.3, 0.4) is 0 Å². The molecule has 126 valence electrons. The van der Waals surface area contributed by atoms with Crippen LogP contribution in [0.4, 0.5) is 4.79 Å². The molecule has 1 aliphatic rings. The summed E-state index contributed by atoms with van der Waals surface area (Å²) in [7, 11) is 0. The summed E-state index contributed by atoms with van der Waals surface area (Å²) in [4.78, 5) is 23.3. The van der Waals surface area contributed by atoms with Gasteiger partial charge >= 0.3 is 12.1 Å². The zero-order chi connectivity index (χ0) is 16.8. The summed E-state index contributed by atoms with van der Waals surface area (Å²) in [5.41, 5.74) is 0.200. The number of allylic oxidation sites excluding steroid dienone is 1. The van der Waals surface area contributed by atoms with Gasteiger partial charge in [-0.25, -0.2) is 9.59 Å². The lowest BCUT2D eigenvalue weighted by Gasteiger charge is -2.29. The van der Waals surface area contributed by atoms with E-state index in [1.807, 2.05) is 26.8 Å². The van der Waals surface area contributed by atoms with Crippen LogP contribution in [0, 0.1) is 5.92 Å². The van der Waals surface area contributed by atoms with Crippen molar-refractivity contribution in [2.75, 3.05) is 6.61 Å². The van der Waals surface area contributed by atoms with Gasteiger partial charge in [0, 0.05) is 11.6 Å². The number of carbonyl (C=O) groups is 2. The van der Waals surface area contributed by atoms with Crippen molar-refractivity contribution in [3.8, 4) is 0 Å². The Balaban J connectivity index is 2.39. The van der Waals surface area contributed by atoms with Crippen LogP contribution in [-0.2, 0) is 14.3 Å². The number of nitrogens with one attached hydrogen (secondary N) is 1. The van der Waals surface area contributed by atoms with Crippen molar-refractivity contribution in [2.24, 2.45) is 5.92 Å². The Kier molecular flexibility index (Phi) is 6.91. The standard InChI is InChI=1S/C17H29NO4/c1-6-21-15(19)12(2)11-13-7-9-14(10-8-13)18-16(20)22-17(3,4)5/h11,13-14H,6-10H2,1-5H3,(H,18,20). The lowest BCUT2D eigenvalue weighted by molar-refractivity contribution is -0.138. The first-order valence-electron chi connectivity index (χ1n) is 8.06. The molecule has 0 unspecified atom stereocenters. The van der Waals surface area contributed by atoms with E-state index in [1.54, 1.807) is 13.8 Å². The summed E-state index contributed by atoms with van der Waals surface area (Å²) < 4.78 is 10.3. The van der Waals surface area contributed by atoms with Gasteiger partial charge in [0.15, 0.2) is 0 Å². The fraction of sp³-hybridized carbons (Fsp3) is 0.765. The number of rotatable bonds is 4. The molecular formula is C17H29NO4. The lowest BCUT2D eigenvalue weighted by Crippen LogP contribution is -2.40. The molecule has 0 saturated heterocycles. The molecule has 0 heterocycles. The lowest BCUT2D eigenvalue weighted by atomic mass is 9.85. The minimum atomic E-state index is -0.471. The van der Waals surface area contributed by atoms with Crippen LogP contribution < -0.4 is 5.32 Å². The highest BCUT2D eigenvalue weighted by Gasteiger charge is 2.24. The van der Waals surface area contributed by atoms with E-state index in [4.69, 9.17) is 9.47 Å². The first-order chi connectivity index (χ1) is 10.2. The smallest absolute Gasteiger partial charge is 0.407 e. The third-order valence-electron chi connectivity index (χ3n) is 3.58. The topological polar surface area (TPSA) is 64.6 Å². The van der Waals surface area contributed by atoms with Crippen molar-refractivity contribution in [3.05, 3.63) is 11.6 Å². The highest BCUT2D eigenvalue weighted by Crippen LogP contribution is 2.26. The molecule has 0 bridgehead atoms. The largest absolute Gasteiger partial charge is 0.463 e. The highest BCUT2D eigenvalue weighted by atomic mass is 16.6. The van der Waals surface area contributed by atoms with E-state index in [9.17, 15) is 9.59 Å². The minimum Gasteiger partial charge on any atom is -0.463 e. The molecule has 1 N–H and O–H groups in total. The van der Waals surface area contributed by atoms with Crippen molar-refractivity contribution in [1.82, 2.24) is 5.32 Å². The Morgan fingerprint density at radius 3 is 2.27 bits per heavy atom. The maximum Gasteiger partial charge on any atom is 0.407 e.